The van der Waals surface area contributed by atoms with Gasteiger partial charge in [-0.3, -0.25) is 19.2 Å². The van der Waals surface area contributed by atoms with Gasteiger partial charge in [0, 0.05) is 18.5 Å². The van der Waals surface area contributed by atoms with Crippen molar-refractivity contribution in [2.75, 3.05) is 4.72 Å². The summed E-state index contributed by atoms with van der Waals surface area (Å²) in [6.45, 7) is 0.0899. The Morgan fingerprint density at radius 2 is 1.46 bits per heavy atom. The van der Waals surface area contributed by atoms with E-state index in [4.69, 9.17) is 0 Å². The summed E-state index contributed by atoms with van der Waals surface area (Å²) < 4.78 is 53.9. The van der Waals surface area contributed by atoms with Crippen LogP contribution in [0, 0.1) is 11.6 Å². The number of likely N-dealkylation sites (tertiary alicyclic amines) is 1. The molecule has 0 radical (unpaired) electrons. The van der Waals surface area contributed by atoms with Crippen molar-refractivity contribution in [1.82, 2.24) is 4.90 Å². The van der Waals surface area contributed by atoms with E-state index >= 15 is 0 Å². The largest absolute Gasteiger partial charge is 0.279 e. The van der Waals surface area contributed by atoms with Gasteiger partial charge >= 0.3 is 0 Å². The second kappa shape index (κ2) is 6.83. The standard InChI is InChI=1S/C17H14F2N2O4S/c18-13-2-1-3-14(19)17(13)26(24,25)20-12-6-4-11(5-7-12)10-21-15(22)8-9-16(21)23/h1-7,20H,8-10H2. The minimum Gasteiger partial charge on any atom is -0.279 e. The van der Waals surface area contributed by atoms with Crippen LogP contribution in [-0.4, -0.2) is 25.1 Å². The number of nitrogens with zero attached hydrogens (tertiary/aromatic N) is 1. The second-order valence-corrected chi connectivity index (χ2v) is 7.35. The smallest absolute Gasteiger partial charge is 0.267 e. The first-order chi connectivity index (χ1) is 12.3. The molecule has 1 N–H and O–H groups in total. The van der Waals surface area contributed by atoms with Crippen molar-refractivity contribution >= 4 is 27.5 Å². The third-order valence-corrected chi connectivity index (χ3v) is 5.32. The summed E-state index contributed by atoms with van der Waals surface area (Å²) in [5, 5.41) is 0. The Hall–Kier alpha value is -2.81. The van der Waals surface area contributed by atoms with Gasteiger partial charge in [0.15, 0.2) is 4.90 Å². The van der Waals surface area contributed by atoms with Crippen molar-refractivity contribution in [1.29, 1.82) is 0 Å². The first-order valence-corrected chi connectivity index (χ1v) is 9.15. The van der Waals surface area contributed by atoms with Crippen LogP contribution in [0.25, 0.3) is 0 Å². The fraction of sp³-hybridized carbons (Fsp3) is 0.176. The molecule has 9 heteroatoms. The molecule has 0 unspecified atom stereocenters. The highest BCUT2D eigenvalue weighted by Crippen LogP contribution is 2.23. The quantitative estimate of drug-likeness (QED) is 0.808. The van der Waals surface area contributed by atoms with Crippen LogP contribution in [0.15, 0.2) is 47.4 Å². The number of anilines is 1. The first kappa shape index (κ1) is 18.0. The highest BCUT2D eigenvalue weighted by atomic mass is 32.2. The number of imide groups is 1. The molecule has 3 rings (SSSR count). The van der Waals surface area contributed by atoms with Crippen molar-refractivity contribution in [2.45, 2.75) is 24.3 Å². The Labute approximate surface area is 148 Å². The summed E-state index contributed by atoms with van der Waals surface area (Å²) in [4.78, 5) is 23.3. The summed E-state index contributed by atoms with van der Waals surface area (Å²) in [6, 6.07) is 8.59. The lowest BCUT2D eigenvalue weighted by atomic mass is 10.2. The summed E-state index contributed by atoms with van der Waals surface area (Å²) in [6.07, 6.45) is 0.371. The van der Waals surface area contributed by atoms with Gasteiger partial charge in [0.2, 0.25) is 11.8 Å². The van der Waals surface area contributed by atoms with Crippen LogP contribution in [-0.2, 0) is 26.2 Å². The fourth-order valence-corrected chi connectivity index (χ4v) is 3.80. The molecule has 0 saturated carbocycles. The number of nitrogens with one attached hydrogen (secondary N) is 1. The maximum atomic E-state index is 13.7. The van der Waals surface area contributed by atoms with Crippen molar-refractivity contribution in [3.63, 3.8) is 0 Å². The summed E-state index contributed by atoms with van der Waals surface area (Å²) in [5.41, 5.74) is 0.712. The number of sulfonamides is 1. The van der Waals surface area contributed by atoms with Gasteiger partial charge in [-0.25, -0.2) is 17.2 Å². The van der Waals surface area contributed by atoms with Crippen LogP contribution >= 0.6 is 0 Å². The van der Waals surface area contributed by atoms with Crippen molar-refractivity contribution in [3.05, 3.63) is 59.7 Å². The minimum atomic E-state index is -4.45. The molecule has 1 aliphatic rings. The van der Waals surface area contributed by atoms with E-state index in [9.17, 15) is 26.8 Å². The lowest BCUT2D eigenvalue weighted by molar-refractivity contribution is -0.139. The zero-order chi connectivity index (χ0) is 18.9. The van der Waals surface area contributed by atoms with E-state index in [2.05, 4.69) is 4.72 Å². The minimum absolute atomic E-state index is 0.0899. The van der Waals surface area contributed by atoms with Gasteiger partial charge in [-0.05, 0) is 29.8 Å². The number of benzene rings is 2. The molecule has 2 aromatic carbocycles. The highest BCUT2D eigenvalue weighted by molar-refractivity contribution is 7.92. The van der Waals surface area contributed by atoms with Gasteiger partial charge in [0.05, 0.1) is 6.54 Å². The van der Waals surface area contributed by atoms with Gasteiger partial charge in [-0.1, -0.05) is 18.2 Å². The number of carbonyl (C=O) groups is 2. The SMILES string of the molecule is O=C1CCC(=O)N1Cc1ccc(NS(=O)(=O)c2c(F)cccc2F)cc1. The van der Waals surface area contributed by atoms with E-state index < -0.39 is 26.6 Å². The molecule has 2 aromatic rings. The molecule has 26 heavy (non-hydrogen) atoms. The number of hydrogen-bond donors (Lipinski definition) is 1. The summed E-state index contributed by atoms with van der Waals surface area (Å²) in [7, 11) is -4.45. The van der Waals surface area contributed by atoms with E-state index in [0.717, 1.165) is 23.1 Å². The Bertz CT molecular complexity index is 939. The molecular weight excluding hydrogens is 366 g/mol. The molecule has 6 nitrogen and oxygen atoms in total. The number of amides is 2. The number of halogens is 2. The molecule has 0 atom stereocenters. The van der Waals surface area contributed by atoms with E-state index in [-0.39, 0.29) is 36.9 Å². The van der Waals surface area contributed by atoms with Gasteiger partial charge in [0.1, 0.15) is 11.6 Å². The normalized spacial score (nSPS) is 14.8. The van der Waals surface area contributed by atoms with E-state index in [1.54, 1.807) is 0 Å². The van der Waals surface area contributed by atoms with Crippen LogP contribution in [0.1, 0.15) is 18.4 Å². The van der Waals surface area contributed by atoms with Gasteiger partial charge in [-0.15, -0.1) is 0 Å². The number of hydrogen-bond acceptors (Lipinski definition) is 4. The van der Waals surface area contributed by atoms with Crippen LogP contribution in [0.5, 0.6) is 0 Å². The lowest BCUT2D eigenvalue weighted by Crippen LogP contribution is -2.28. The molecule has 0 bridgehead atoms. The Morgan fingerprint density at radius 3 is 2.00 bits per heavy atom. The third-order valence-electron chi connectivity index (χ3n) is 3.89. The van der Waals surface area contributed by atoms with Crippen LogP contribution in [0.4, 0.5) is 14.5 Å². The number of rotatable bonds is 5. The maximum Gasteiger partial charge on any atom is 0.267 e. The van der Waals surface area contributed by atoms with Crippen LogP contribution in [0.2, 0.25) is 0 Å². The topological polar surface area (TPSA) is 83.6 Å². The molecule has 1 aliphatic heterocycles. The lowest BCUT2D eigenvalue weighted by Gasteiger charge is -2.14. The summed E-state index contributed by atoms with van der Waals surface area (Å²) >= 11 is 0. The second-order valence-electron chi connectivity index (χ2n) is 5.73. The fourth-order valence-electron chi connectivity index (χ4n) is 2.61. The molecule has 2 amide bonds. The molecule has 0 aliphatic carbocycles. The number of carbonyl (C=O) groups excluding carboxylic acids is 2. The van der Waals surface area contributed by atoms with Crippen molar-refractivity contribution < 1.29 is 26.8 Å². The monoisotopic (exact) mass is 380 g/mol. The van der Waals surface area contributed by atoms with Crippen molar-refractivity contribution in [3.8, 4) is 0 Å². The molecule has 0 aromatic heterocycles. The molecule has 1 saturated heterocycles. The van der Waals surface area contributed by atoms with Gasteiger partial charge in [-0.2, -0.15) is 0 Å². The highest BCUT2D eigenvalue weighted by Gasteiger charge is 2.28. The third kappa shape index (κ3) is 3.57. The molecule has 1 heterocycles. The Morgan fingerprint density at radius 1 is 0.923 bits per heavy atom. The van der Waals surface area contributed by atoms with E-state index in [1.165, 1.54) is 24.3 Å². The van der Waals surface area contributed by atoms with E-state index in [0.29, 0.717) is 5.56 Å². The van der Waals surface area contributed by atoms with Crippen LogP contribution in [0.3, 0.4) is 0 Å². The van der Waals surface area contributed by atoms with E-state index in [1.807, 2.05) is 0 Å². The molecule has 1 fully saturated rings. The van der Waals surface area contributed by atoms with Gasteiger partial charge < -0.3 is 0 Å². The first-order valence-electron chi connectivity index (χ1n) is 7.67. The Balaban J connectivity index is 1.77. The summed E-state index contributed by atoms with van der Waals surface area (Å²) in [5.74, 6) is -2.90. The zero-order valence-corrected chi connectivity index (χ0v) is 14.2. The molecule has 0 spiro atoms. The predicted octanol–water partition coefficient (Wildman–Crippen LogP) is 2.41. The Kier molecular flexibility index (Phi) is 4.73. The molecule has 136 valence electrons. The average Bonchev–Trinajstić information content (AvgIpc) is 2.88. The average molecular weight is 380 g/mol. The maximum absolute atomic E-state index is 13.7. The molecular formula is C17H14F2N2O4S. The zero-order valence-electron chi connectivity index (χ0n) is 13.4. The van der Waals surface area contributed by atoms with Crippen LogP contribution < -0.4 is 4.72 Å². The van der Waals surface area contributed by atoms with Crippen molar-refractivity contribution in [2.24, 2.45) is 0 Å². The van der Waals surface area contributed by atoms with Gasteiger partial charge in [0.25, 0.3) is 10.0 Å². The predicted molar refractivity (Wildman–Crippen MR) is 88.4 cm³/mol.